The van der Waals surface area contributed by atoms with Crippen molar-refractivity contribution in [3.8, 4) is 0 Å². The number of likely N-dealkylation sites (tertiary alicyclic amines) is 1. The van der Waals surface area contributed by atoms with Gasteiger partial charge in [-0.25, -0.2) is 0 Å². The standard InChI is InChI=1S/C9H20N2O/c1-4-12-6-5-11-7-9(8-11)10(2)3/h9H,4-8H2,1-3H3. The van der Waals surface area contributed by atoms with Crippen molar-refractivity contribution in [3.05, 3.63) is 0 Å². The molecule has 0 aromatic rings. The summed E-state index contributed by atoms with van der Waals surface area (Å²) in [4.78, 5) is 4.72. The van der Waals surface area contributed by atoms with Gasteiger partial charge < -0.3 is 9.64 Å². The van der Waals surface area contributed by atoms with Gasteiger partial charge in [0.2, 0.25) is 0 Å². The molecule has 0 saturated carbocycles. The number of rotatable bonds is 5. The minimum Gasteiger partial charge on any atom is -0.380 e. The lowest BCUT2D eigenvalue weighted by Crippen LogP contribution is -2.57. The second-order valence-corrected chi connectivity index (χ2v) is 3.57. The molecule has 1 heterocycles. The number of likely N-dealkylation sites (N-methyl/N-ethyl adjacent to an activating group) is 1. The van der Waals surface area contributed by atoms with Crippen molar-refractivity contribution in [3.63, 3.8) is 0 Å². The topological polar surface area (TPSA) is 15.7 Å². The molecule has 0 atom stereocenters. The van der Waals surface area contributed by atoms with E-state index in [-0.39, 0.29) is 0 Å². The lowest BCUT2D eigenvalue weighted by atomic mass is 10.1. The average Bonchev–Trinajstić information content (AvgIpc) is 1.93. The maximum absolute atomic E-state index is 5.28. The van der Waals surface area contributed by atoms with Gasteiger partial charge >= 0.3 is 0 Å². The zero-order valence-corrected chi connectivity index (χ0v) is 8.42. The quantitative estimate of drug-likeness (QED) is 0.554. The van der Waals surface area contributed by atoms with Gasteiger partial charge in [0.05, 0.1) is 6.61 Å². The Bertz CT molecular complexity index is 122. The minimum atomic E-state index is 0.770. The molecule has 3 heteroatoms. The fourth-order valence-electron chi connectivity index (χ4n) is 1.39. The van der Waals surface area contributed by atoms with Gasteiger partial charge in [0, 0.05) is 32.3 Å². The van der Waals surface area contributed by atoms with Gasteiger partial charge in [0.25, 0.3) is 0 Å². The highest BCUT2D eigenvalue weighted by Gasteiger charge is 2.27. The molecule has 0 N–H and O–H groups in total. The van der Waals surface area contributed by atoms with Gasteiger partial charge in [-0.3, -0.25) is 4.90 Å². The van der Waals surface area contributed by atoms with E-state index in [4.69, 9.17) is 4.74 Å². The van der Waals surface area contributed by atoms with E-state index >= 15 is 0 Å². The molecule has 0 unspecified atom stereocenters. The number of ether oxygens (including phenoxy) is 1. The molecular weight excluding hydrogens is 152 g/mol. The maximum atomic E-state index is 5.28. The van der Waals surface area contributed by atoms with Crippen molar-refractivity contribution in [2.24, 2.45) is 0 Å². The highest BCUT2D eigenvalue weighted by Crippen LogP contribution is 2.10. The Labute approximate surface area is 75.3 Å². The summed E-state index contributed by atoms with van der Waals surface area (Å²) in [7, 11) is 4.29. The van der Waals surface area contributed by atoms with Crippen molar-refractivity contribution in [2.45, 2.75) is 13.0 Å². The molecule has 0 aromatic carbocycles. The van der Waals surface area contributed by atoms with Gasteiger partial charge in [-0.15, -0.1) is 0 Å². The Morgan fingerprint density at radius 2 is 2.08 bits per heavy atom. The van der Waals surface area contributed by atoms with Crippen LogP contribution >= 0.6 is 0 Å². The second-order valence-electron chi connectivity index (χ2n) is 3.57. The van der Waals surface area contributed by atoms with Crippen LogP contribution in [0.2, 0.25) is 0 Å². The number of hydrogen-bond acceptors (Lipinski definition) is 3. The van der Waals surface area contributed by atoms with E-state index in [1.165, 1.54) is 13.1 Å². The molecule has 0 bridgehead atoms. The summed E-state index contributed by atoms with van der Waals surface area (Å²) in [6.07, 6.45) is 0. The van der Waals surface area contributed by atoms with Gasteiger partial charge in [0.15, 0.2) is 0 Å². The summed E-state index contributed by atoms with van der Waals surface area (Å²) < 4.78 is 5.28. The van der Waals surface area contributed by atoms with Crippen LogP contribution in [-0.2, 0) is 4.74 Å². The minimum absolute atomic E-state index is 0.770. The van der Waals surface area contributed by atoms with E-state index in [1.807, 2.05) is 6.92 Å². The lowest BCUT2D eigenvalue weighted by Gasteiger charge is -2.42. The van der Waals surface area contributed by atoms with Crippen molar-refractivity contribution < 1.29 is 4.74 Å². The first-order valence-corrected chi connectivity index (χ1v) is 4.70. The molecule has 0 radical (unpaired) electrons. The predicted molar refractivity (Wildman–Crippen MR) is 50.4 cm³/mol. The molecule has 1 aliphatic rings. The lowest BCUT2D eigenvalue weighted by molar-refractivity contribution is 0.0329. The summed E-state index contributed by atoms with van der Waals surface area (Å²) in [5.74, 6) is 0. The van der Waals surface area contributed by atoms with E-state index in [9.17, 15) is 0 Å². The summed E-state index contributed by atoms with van der Waals surface area (Å²) >= 11 is 0. The van der Waals surface area contributed by atoms with E-state index in [1.54, 1.807) is 0 Å². The van der Waals surface area contributed by atoms with Crippen molar-refractivity contribution in [1.82, 2.24) is 9.80 Å². The first-order chi connectivity index (χ1) is 5.74. The van der Waals surface area contributed by atoms with Gasteiger partial charge in [-0.05, 0) is 21.0 Å². The Balaban J connectivity index is 1.95. The molecule has 72 valence electrons. The zero-order valence-electron chi connectivity index (χ0n) is 8.42. The summed E-state index contributed by atoms with van der Waals surface area (Å²) in [5, 5.41) is 0. The van der Waals surface area contributed by atoms with Crippen molar-refractivity contribution in [2.75, 3.05) is 46.9 Å². The molecule has 1 fully saturated rings. The summed E-state index contributed by atoms with van der Waals surface area (Å²) in [6.45, 7) is 7.28. The molecule has 12 heavy (non-hydrogen) atoms. The number of hydrogen-bond donors (Lipinski definition) is 0. The smallest absolute Gasteiger partial charge is 0.0593 e. The molecule has 0 aliphatic carbocycles. The second kappa shape index (κ2) is 4.80. The Morgan fingerprint density at radius 3 is 2.58 bits per heavy atom. The Kier molecular flexibility index (Phi) is 3.98. The molecule has 0 spiro atoms. The van der Waals surface area contributed by atoms with Gasteiger partial charge in [0.1, 0.15) is 0 Å². The van der Waals surface area contributed by atoms with Gasteiger partial charge in [-0.1, -0.05) is 0 Å². The third kappa shape index (κ3) is 2.73. The van der Waals surface area contributed by atoms with Crippen molar-refractivity contribution in [1.29, 1.82) is 0 Å². The number of nitrogens with zero attached hydrogens (tertiary/aromatic N) is 2. The zero-order chi connectivity index (χ0) is 8.97. The van der Waals surface area contributed by atoms with Crippen LogP contribution in [0.5, 0.6) is 0 Å². The van der Waals surface area contributed by atoms with Crippen LogP contribution in [0.1, 0.15) is 6.92 Å². The molecule has 1 rings (SSSR count). The third-order valence-electron chi connectivity index (χ3n) is 2.42. The van der Waals surface area contributed by atoms with Crippen LogP contribution in [0, 0.1) is 0 Å². The summed E-state index contributed by atoms with van der Waals surface area (Å²) in [6, 6.07) is 0.770. The van der Waals surface area contributed by atoms with E-state index in [0.29, 0.717) is 0 Å². The van der Waals surface area contributed by atoms with Crippen LogP contribution < -0.4 is 0 Å². The fraction of sp³-hybridized carbons (Fsp3) is 1.00. The van der Waals surface area contributed by atoms with Crippen LogP contribution in [0.15, 0.2) is 0 Å². The average molecular weight is 172 g/mol. The highest BCUT2D eigenvalue weighted by atomic mass is 16.5. The monoisotopic (exact) mass is 172 g/mol. The van der Waals surface area contributed by atoms with Crippen LogP contribution in [0.25, 0.3) is 0 Å². The normalized spacial score (nSPS) is 20.0. The molecule has 0 aromatic heterocycles. The molecule has 3 nitrogen and oxygen atoms in total. The van der Waals surface area contributed by atoms with Gasteiger partial charge in [-0.2, -0.15) is 0 Å². The van der Waals surface area contributed by atoms with E-state index < -0.39 is 0 Å². The Morgan fingerprint density at radius 1 is 1.42 bits per heavy atom. The first-order valence-electron chi connectivity index (χ1n) is 4.70. The van der Waals surface area contributed by atoms with E-state index in [2.05, 4.69) is 23.9 Å². The highest BCUT2D eigenvalue weighted by molar-refractivity contribution is 4.84. The molecule has 0 amide bonds. The Hall–Kier alpha value is -0.120. The third-order valence-corrected chi connectivity index (χ3v) is 2.42. The first kappa shape index (κ1) is 9.96. The largest absolute Gasteiger partial charge is 0.380 e. The predicted octanol–water partition coefficient (Wildman–Crippen LogP) is 0.269. The maximum Gasteiger partial charge on any atom is 0.0593 e. The SMILES string of the molecule is CCOCCN1CC(N(C)C)C1. The molecule has 1 aliphatic heterocycles. The fourth-order valence-corrected chi connectivity index (χ4v) is 1.39. The van der Waals surface area contributed by atoms with Crippen LogP contribution in [-0.4, -0.2) is 62.8 Å². The van der Waals surface area contributed by atoms with Crippen LogP contribution in [0.3, 0.4) is 0 Å². The van der Waals surface area contributed by atoms with Crippen molar-refractivity contribution >= 4 is 0 Å². The van der Waals surface area contributed by atoms with Crippen LogP contribution in [0.4, 0.5) is 0 Å². The molecular formula is C9H20N2O. The molecule has 1 saturated heterocycles. The van der Waals surface area contributed by atoms with E-state index in [0.717, 1.165) is 25.8 Å². The summed E-state index contributed by atoms with van der Waals surface area (Å²) in [5.41, 5.74) is 0.